The highest BCUT2D eigenvalue weighted by atomic mass is 35.5. The molecular formula is C13H17ClN2O2. The van der Waals surface area contributed by atoms with Crippen molar-refractivity contribution in [2.45, 2.75) is 12.6 Å². The Morgan fingerprint density at radius 1 is 1.50 bits per heavy atom. The summed E-state index contributed by atoms with van der Waals surface area (Å²) in [5.41, 5.74) is 1.05. The highest BCUT2D eigenvalue weighted by Gasteiger charge is 2.24. The van der Waals surface area contributed by atoms with E-state index in [1.807, 2.05) is 24.3 Å². The van der Waals surface area contributed by atoms with Crippen molar-refractivity contribution < 1.29 is 9.53 Å². The van der Waals surface area contributed by atoms with Crippen LogP contribution in [0, 0.1) is 0 Å². The lowest BCUT2D eigenvalue weighted by Gasteiger charge is -2.27. The molecule has 18 heavy (non-hydrogen) atoms. The molecule has 98 valence electrons. The molecule has 1 N–H and O–H groups in total. The van der Waals surface area contributed by atoms with E-state index in [1.54, 1.807) is 11.9 Å². The Kier molecular flexibility index (Phi) is 4.58. The average Bonchev–Trinajstić information content (AvgIpc) is 2.41. The molecule has 1 fully saturated rings. The number of rotatable bonds is 3. The summed E-state index contributed by atoms with van der Waals surface area (Å²) in [7, 11) is 1.79. The Morgan fingerprint density at radius 3 is 2.83 bits per heavy atom. The Hall–Kier alpha value is -1.10. The third-order valence-corrected chi connectivity index (χ3v) is 3.16. The number of hydrogen-bond acceptors (Lipinski definition) is 3. The number of carbonyl (C=O) groups excluding carboxylic acids is 1. The van der Waals surface area contributed by atoms with Crippen LogP contribution in [0.1, 0.15) is 5.56 Å². The largest absolute Gasteiger partial charge is 0.366 e. The standard InChI is InChI=1S/C13H17ClN2O2/c1-16(9-10-2-4-11(14)5-3-10)13(17)12-8-15-6-7-18-12/h2-5,12,15H,6-9H2,1H3. The normalized spacial score (nSPS) is 19.6. The minimum absolute atomic E-state index is 0.0113. The van der Waals surface area contributed by atoms with E-state index in [2.05, 4.69) is 5.32 Å². The summed E-state index contributed by atoms with van der Waals surface area (Å²) in [4.78, 5) is 13.8. The van der Waals surface area contributed by atoms with Crippen LogP contribution in [0.2, 0.25) is 5.02 Å². The fourth-order valence-corrected chi connectivity index (χ4v) is 2.04. The van der Waals surface area contributed by atoms with Crippen molar-refractivity contribution in [3.63, 3.8) is 0 Å². The van der Waals surface area contributed by atoms with Crippen molar-refractivity contribution in [2.75, 3.05) is 26.7 Å². The molecule has 4 nitrogen and oxygen atoms in total. The molecule has 1 atom stereocenters. The van der Waals surface area contributed by atoms with Gasteiger partial charge in [-0.2, -0.15) is 0 Å². The van der Waals surface area contributed by atoms with Crippen molar-refractivity contribution in [1.82, 2.24) is 10.2 Å². The molecule has 0 spiro atoms. The highest BCUT2D eigenvalue weighted by molar-refractivity contribution is 6.30. The van der Waals surface area contributed by atoms with Crippen molar-refractivity contribution in [3.8, 4) is 0 Å². The van der Waals surface area contributed by atoms with Crippen LogP contribution < -0.4 is 5.32 Å². The van der Waals surface area contributed by atoms with Crippen LogP contribution in [0.15, 0.2) is 24.3 Å². The third-order valence-electron chi connectivity index (χ3n) is 2.91. The predicted molar refractivity (Wildman–Crippen MR) is 70.5 cm³/mol. The maximum Gasteiger partial charge on any atom is 0.253 e. The number of amides is 1. The Morgan fingerprint density at radius 2 is 2.22 bits per heavy atom. The summed E-state index contributed by atoms with van der Waals surface area (Å²) >= 11 is 5.82. The van der Waals surface area contributed by atoms with E-state index in [4.69, 9.17) is 16.3 Å². The molecule has 0 aromatic heterocycles. The van der Waals surface area contributed by atoms with Gasteiger partial charge in [0.15, 0.2) is 0 Å². The van der Waals surface area contributed by atoms with E-state index in [9.17, 15) is 4.79 Å². The maximum absolute atomic E-state index is 12.1. The van der Waals surface area contributed by atoms with E-state index < -0.39 is 0 Å². The molecule has 0 saturated carbocycles. The number of nitrogens with one attached hydrogen (secondary N) is 1. The molecule has 1 aliphatic heterocycles. The van der Waals surface area contributed by atoms with Gasteiger partial charge in [0, 0.05) is 31.7 Å². The van der Waals surface area contributed by atoms with Gasteiger partial charge in [-0.15, -0.1) is 0 Å². The topological polar surface area (TPSA) is 41.6 Å². The molecule has 0 radical (unpaired) electrons. The van der Waals surface area contributed by atoms with Gasteiger partial charge in [0.05, 0.1) is 6.61 Å². The molecule has 1 saturated heterocycles. The summed E-state index contributed by atoms with van der Waals surface area (Å²) in [6.45, 7) is 2.55. The minimum Gasteiger partial charge on any atom is -0.366 e. The van der Waals surface area contributed by atoms with Gasteiger partial charge in [-0.1, -0.05) is 23.7 Å². The zero-order chi connectivity index (χ0) is 13.0. The van der Waals surface area contributed by atoms with Gasteiger partial charge in [-0.3, -0.25) is 4.79 Å². The molecule has 1 aliphatic rings. The number of hydrogen-bond donors (Lipinski definition) is 1. The lowest BCUT2D eigenvalue weighted by Crippen LogP contribution is -2.48. The van der Waals surface area contributed by atoms with Crippen LogP contribution in [0.25, 0.3) is 0 Å². The zero-order valence-electron chi connectivity index (χ0n) is 10.4. The molecule has 1 amide bonds. The summed E-state index contributed by atoms with van der Waals surface area (Å²) in [5, 5.41) is 3.85. The number of carbonyl (C=O) groups is 1. The summed E-state index contributed by atoms with van der Waals surface area (Å²) in [6, 6.07) is 7.50. The average molecular weight is 269 g/mol. The predicted octanol–water partition coefficient (Wildman–Crippen LogP) is 1.29. The van der Waals surface area contributed by atoms with E-state index in [-0.39, 0.29) is 12.0 Å². The molecule has 1 unspecified atom stereocenters. The van der Waals surface area contributed by atoms with Crippen LogP contribution in [0.3, 0.4) is 0 Å². The minimum atomic E-state index is -0.365. The molecule has 0 aliphatic carbocycles. The van der Waals surface area contributed by atoms with Gasteiger partial charge in [0.2, 0.25) is 0 Å². The molecule has 2 rings (SSSR count). The number of benzene rings is 1. The summed E-state index contributed by atoms with van der Waals surface area (Å²) < 4.78 is 5.44. The number of halogens is 1. The number of morpholine rings is 1. The van der Waals surface area contributed by atoms with Crippen molar-refractivity contribution in [2.24, 2.45) is 0 Å². The second-order valence-electron chi connectivity index (χ2n) is 4.38. The van der Waals surface area contributed by atoms with Crippen LogP contribution >= 0.6 is 11.6 Å². The van der Waals surface area contributed by atoms with E-state index >= 15 is 0 Å². The molecule has 0 bridgehead atoms. The first kappa shape index (κ1) is 13.3. The Balaban J connectivity index is 1.92. The van der Waals surface area contributed by atoms with Crippen LogP contribution in [0.5, 0.6) is 0 Å². The van der Waals surface area contributed by atoms with E-state index in [0.29, 0.717) is 24.7 Å². The highest BCUT2D eigenvalue weighted by Crippen LogP contribution is 2.12. The van der Waals surface area contributed by atoms with Gasteiger partial charge in [-0.25, -0.2) is 0 Å². The second kappa shape index (κ2) is 6.18. The van der Waals surface area contributed by atoms with Crippen molar-refractivity contribution >= 4 is 17.5 Å². The summed E-state index contributed by atoms with van der Waals surface area (Å²) in [5.74, 6) is 0.0113. The quantitative estimate of drug-likeness (QED) is 0.898. The van der Waals surface area contributed by atoms with Gasteiger partial charge >= 0.3 is 0 Å². The fraction of sp³-hybridized carbons (Fsp3) is 0.462. The first-order valence-electron chi connectivity index (χ1n) is 5.98. The zero-order valence-corrected chi connectivity index (χ0v) is 11.1. The first-order chi connectivity index (χ1) is 8.66. The van der Waals surface area contributed by atoms with Gasteiger partial charge in [0.1, 0.15) is 6.10 Å². The second-order valence-corrected chi connectivity index (χ2v) is 4.82. The van der Waals surface area contributed by atoms with Gasteiger partial charge < -0.3 is 15.0 Å². The number of nitrogens with zero attached hydrogens (tertiary/aromatic N) is 1. The van der Waals surface area contributed by atoms with E-state index in [0.717, 1.165) is 12.1 Å². The number of likely N-dealkylation sites (N-methyl/N-ethyl adjacent to an activating group) is 1. The Labute approximate surface area is 112 Å². The first-order valence-corrected chi connectivity index (χ1v) is 6.36. The lowest BCUT2D eigenvalue weighted by atomic mass is 10.2. The molecule has 5 heteroatoms. The fourth-order valence-electron chi connectivity index (χ4n) is 1.91. The van der Waals surface area contributed by atoms with Crippen LogP contribution in [0.4, 0.5) is 0 Å². The van der Waals surface area contributed by atoms with Crippen molar-refractivity contribution in [3.05, 3.63) is 34.9 Å². The van der Waals surface area contributed by atoms with Gasteiger partial charge in [-0.05, 0) is 17.7 Å². The number of ether oxygens (including phenoxy) is 1. The van der Waals surface area contributed by atoms with Crippen LogP contribution in [-0.2, 0) is 16.1 Å². The molecule has 1 aromatic rings. The Bertz CT molecular complexity index is 402. The monoisotopic (exact) mass is 268 g/mol. The third kappa shape index (κ3) is 3.45. The summed E-state index contributed by atoms with van der Waals surface area (Å²) in [6.07, 6.45) is -0.365. The van der Waals surface area contributed by atoms with E-state index in [1.165, 1.54) is 0 Å². The lowest BCUT2D eigenvalue weighted by molar-refractivity contribution is -0.144. The molecular weight excluding hydrogens is 252 g/mol. The van der Waals surface area contributed by atoms with Gasteiger partial charge in [0.25, 0.3) is 5.91 Å². The maximum atomic E-state index is 12.1. The molecule has 1 aromatic carbocycles. The van der Waals surface area contributed by atoms with Crippen molar-refractivity contribution in [1.29, 1.82) is 0 Å². The van der Waals surface area contributed by atoms with Crippen LogP contribution in [-0.4, -0.2) is 43.7 Å². The smallest absolute Gasteiger partial charge is 0.253 e. The molecule has 1 heterocycles. The SMILES string of the molecule is CN(Cc1ccc(Cl)cc1)C(=O)C1CNCCO1.